The SMILES string of the molecule is c1ccc2[nH]c(NCCCC3CC3)nc2c1. The van der Waals surface area contributed by atoms with Gasteiger partial charge in [0.15, 0.2) is 0 Å². The summed E-state index contributed by atoms with van der Waals surface area (Å²) in [5, 5.41) is 3.35. The zero-order chi connectivity index (χ0) is 10.8. The maximum atomic E-state index is 4.48. The van der Waals surface area contributed by atoms with Crippen LogP contribution in [0.2, 0.25) is 0 Å². The lowest BCUT2D eigenvalue weighted by Crippen LogP contribution is -2.02. The maximum Gasteiger partial charge on any atom is 0.201 e. The van der Waals surface area contributed by atoms with Crippen LogP contribution >= 0.6 is 0 Å². The van der Waals surface area contributed by atoms with Crippen LogP contribution in [-0.4, -0.2) is 16.5 Å². The molecule has 0 saturated heterocycles. The van der Waals surface area contributed by atoms with Crippen LogP contribution in [0, 0.1) is 5.92 Å². The first-order valence-corrected chi connectivity index (χ1v) is 6.10. The average Bonchev–Trinajstić information content (AvgIpc) is 3.03. The summed E-state index contributed by atoms with van der Waals surface area (Å²) in [4.78, 5) is 7.76. The molecule has 0 spiro atoms. The maximum absolute atomic E-state index is 4.48. The van der Waals surface area contributed by atoms with Crippen molar-refractivity contribution in [2.45, 2.75) is 25.7 Å². The molecule has 1 aliphatic carbocycles. The molecule has 3 rings (SSSR count). The van der Waals surface area contributed by atoms with Gasteiger partial charge in [0, 0.05) is 6.54 Å². The Morgan fingerprint density at radius 1 is 1.31 bits per heavy atom. The molecule has 2 aromatic rings. The van der Waals surface area contributed by atoms with Crippen LogP contribution in [0.5, 0.6) is 0 Å². The highest BCUT2D eigenvalue weighted by Gasteiger charge is 2.19. The third kappa shape index (κ3) is 2.18. The van der Waals surface area contributed by atoms with E-state index in [-0.39, 0.29) is 0 Å². The fraction of sp³-hybridized carbons (Fsp3) is 0.462. The molecule has 0 unspecified atom stereocenters. The largest absolute Gasteiger partial charge is 0.356 e. The van der Waals surface area contributed by atoms with Crippen LogP contribution in [0.4, 0.5) is 5.95 Å². The Kier molecular flexibility index (Phi) is 2.52. The minimum Gasteiger partial charge on any atom is -0.356 e. The molecule has 0 amide bonds. The summed E-state index contributed by atoms with van der Waals surface area (Å²) in [6, 6.07) is 8.12. The van der Waals surface area contributed by atoms with Crippen molar-refractivity contribution in [1.29, 1.82) is 0 Å². The normalized spacial score (nSPS) is 15.5. The van der Waals surface area contributed by atoms with Crippen LogP contribution in [0.1, 0.15) is 25.7 Å². The predicted octanol–water partition coefficient (Wildman–Crippen LogP) is 3.17. The molecule has 0 bridgehead atoms. The number of fused-ring (bicyclic) bond motifs is 1. The van der Waals surface area contributed by atoms with Crippen LogP contribution in [0.15, 0.2) is 24.3 Å². The van der Waals surface area contributed by atoms with Crippen molar-refractivity contribution >= 4 is 17.0 Å². The summed E-state index contributed by atoms with van der Waals surface area (Å²) in [7, 11) is 0. The van der Waals surface area contributed by atoms with E-state index >= 15 is 0 Å². The number of anilines is 1. The Hall–Kier alpha value is -1.51. The Labute approximate surface area is 95.3 Å². The summed E-state index contributed by atoms with van der Waals surface area (Å²) in [5.74, 6) is 1.93. The van der Waals surface area contributed by atoms with Gasteiger partial charge >= 0.3 is 0 Å². The van der Waals surface area contributed by atoms with Gasteiger partial charge in [-0.25, -0.2) is 4.98 Å². The highest BCUT2D eigenvalue weighted by molar-refractivity contribution is 5.77. The summed E-state index contributed by atoms with van der Waals surface area (Å²) in [5.41, 5.74) is 2.14. The van der Waals surface area contributed by atoms with Gasteiger partial charge in [-0.3, -0.25) is 0 Å². The molecule has 1 saturated carbocycles. The molecule has 1 heterocycles. The average molecular weight is 215 g/mol. The molecule has 1 fully saturated rings. The summed E-state index contributed by atoms with van der Waals surface area (Å²) >= 11 is 0. The van der Waals surface area contributed by atoms with Crippen molar-refractivity contribution in [1.82, 2.24) is 9.97 Å². The van der Waals surface area contributed by atoms with E-state index in [2.05, 4.69) is 21.4 Å². The molecule has 2 N–H and O–H groups in total. The van der Waals surface area contributed by atoms with Gasteiger partial charge in [0.05, 0.1) is 11.0 Å². The van der Waals surface area contributed by atoms with E-state index in [4.69, 9.17) is 0 Å². The fourth-order valence-corrected chi connectivity index (χ4v) is 2.04. The minimum atomic E-state index is 0.900. The quantitative estimate of drug-likeness (QED) is 0.752. The Bertz CT molecular complexity index is 438. The highest BCUT2D eigenvalue weighted by atomic mass is 15.1. The predicted molar refractivity (Wildman–Crippen MR) is 66.5 cm³/mol. The molecule has 0 radical (unpaired) electrons. The Morgan fingerprint density at radius 3 is 3.00 bits per heavy atom. The van der Waals surface area contributed by atoms with Gasteiger partial charge in [0.2, 0.25) is 5.95 Å². The second-order valence-electron chi connectivity index (χ2n) is 4.61. The van der Waals surface area contributed by atoms with Gasteiger partial charge in [0.1, 0.15) is 0 Å². The third-order valence-electron chi connectivity index (χ3n) is 3.17. The van der Waals surface area contributed by atoms with E-state index in [0.717, 1.165) is 29.4 Å². The summed E-state index contributed by atoms with van der Waals surface area (Å²) in [6.07, 6.45) is 5.52. The first-order chi connectivity index (χ1) is 7.92. The van der Waals surface area contributed by atoms with Crippen LogP contribution in [0.25, 0.3) is 11.0 Å². The topological polar surface area (TPSA) is 40.7 Å². The number of rotatable bonds is 5. The molecule has 1 aromatic heterocycles. The van der Waals surface area contributed by atoms with Crippen LogP contribution in [0.3, 0.4) is 0 Å². The standard InChI is InChI=1S/C13H17N3/c1-2-6-12-11(5-1)15-13(16-12)14-9-3-4-10-7-8-10/h1-2,5-6,10H,3-4,7-9H2,(H2,14,15,16). The van der Waals surface area contributed by atoms with Gasteiger partial charge in [-0.15, -0.1) is 0 Å². The molecular weight excluding hydrogens is 198 g/mol. The first kappa shape index (κ1) is 9.70. The Balaban J connectivity index is 1.56. The number of para-hydroxylation sites is 2. The van der Waals surface area contributed by atoms with Crippen LogP contribution < -0.4 is 5.32 Å². The van der Waals surface area contributed by atoms with E-state index in [1.54, 1.807) is 0 Å². The van der Waals surface area contributed by atoms with Crippen LogP contribution in [-0.2, 0) is 0 Å². The minimum absolute atomic E-state index is 0.900. The number of imidazole rings is 1. The zero-order valence-corrected chi connectivity index (χ0v) is 9.37. The molecule has 16 heavy (non-hydrogen) atoms. The molecule has 0 aliphatic heterocycles. The van der Waals surface area contributed by atoms with E-state index in [0.29, 0.717) is 0 Å². The van der Waals surface area contributed by atoms with E-state index in [1.165, 1.54) is 25.7 Å². The number of aromatic nitrogens is 2. The van der Waals surface area contributed by atoms with Gasteiger partial charge < -0.3 is 10.3 Å². The fourth-order valence-electron chi connectivity index (χ4n) is 2.04. The van der Waals surface area contributed by atoms with Gasteiger partial charge in [-0.1, -0.05) is 25.0 Å². The number of benzene rings is 1. The third-order valence-corrected chi connectivity index (χ3v) is 3.17. The van der Waals surface area contributed by atoms with E-state index in [9.17, 15) is 0 Å². The number of nitrogens with one attached hydrogen (secondary N) is 2. The number of H-pyrrole nitrogens is 1. The van der Waals surface area contributed by atoms with Crippen molar-refractivity contribution in [3.63, 3.8) is 0 Å². The van der Waals surface area contributed by atoms with Gasteiger partial charge in [-0.05, 0) is 30.9 Å². The lowest BCUT2D eigenvalue weighted by atomic mass is 10.2. The molecular formula is C13H17N3. The molecule has 3 heteroatoms. The van der Waals surface area contributed by atoms with Crippen molar-refractivity contribution in [3.05, 3.63) is 24.3 Å². The van der Waals surface area contributed by atoms with Crippen molar-refractivity contribution in [2.24, 2.45) is 5.92 Å². The van der Waals surface area contributed by atoms with Crippen molar-refractivity contribution in [2.75, 3.05) is 11.9 Å². The number of hydrogen-bond donors (Lipinski definition) is 2. The van der Waals surface area contributed by atoms with Gasteiger partial charge in [0.25, 0.3) is 0 Å². The van der Waals surface area contributed by atoms with E-state index in [1.807, 2.05) is 18.2 Å². The summed E-state index contributed by atoms with van der Waals surface area (Å²) < 4.78 is 0. The molecule has 1 aliphatic rings. The number of nitrogens with zero attached hydrogens (tertiary/aromatic N) is 1. The Morgan fingerprint density at radius 2 is 2.19 bits per heavy atom. The van der Waals surface area contributed by atoms with Crippen molar-refractivity contribution in [3.8, 4) is 0 Å². The first-order valence-electron chi connectivity index (χ1n) is 6.10. The monoisotopic (exact) mass is 215 g/mol. The summed E-state index contributed by atoms with van der Waals surface area (Å²) in [6.45, 7) is 1.02. The second-order valence-corrected chi connectivity index (χ2v) is 4.61. The van der Waals surface area contributed by atoms with Gasteiger partial charge in [-0.2, -0.15) is 0 Å². The second kappa shape index (κ2) is 4.16. The van der Waals surface area contributed by atoms with Crippen molar-refractivity contribution < 1.29 is 0 Å². The molecule has 1 aromatic carbocycles. The lowest BCUT2D eigenvalue weighted by Gasteiger charge is -2.01. The number of hydrogen-bond acceptors (Lipinski definition) is 2. The smallest absolute Gasteiger partial charge is 0.201 e. The van der Waals surface area contributed by atoms with E-state index < -0.39 is 0 Å². The lowest BCUT2D eigenvalue weighted by molar-refractivity contribution is 0.686. The molecule has 84 valence electrons. The highest BCUT2D eigenvalue weighted by Crippen LogP contribution is 2.33. The number of aromatic amines is 1. The molecule has 0 atom stereocenters. The zero-order valence-electron chi connectivity index (χ0n) is 9.37. The molecule has 3 nitrogen and oxygen atoms in total.